The van der Waals surface area contributed by atoms with Crippen LogP contribution in [0.4, 0.5) is 0 Å². The van der Waals surface area contributed by atoms with Gasteiger partial charge in [-0.05, 0) is 31.6 Å². The third-order valence-corrected chi connectivity index (χ3v) is 6.20. The molecule has 5 atom stereocenters. The Hall–Kier alpha value is -0.180. The molecule has 1 aliphatic heterocycles. The van der Waals surface area contributed by atoms with Gasteiger partial charge in [0.15, 0.2) is 0 Å². The molecule has 1 unspecified atom stereocenters. The van der Waals surface area contributed by atoms with Gasteiger partial charge >= 0.3 is 0 Å². The molecule has 0 aromatic rings. The lowest BCUT2D eigenvalue weighted by molar-refractivity contribution is -0.135. The topological polar surface area (TPSA) is 20.3 Å². The average molecular weight is 239 g/mol. The fraction of sp³-hybridized carbons (Fsp3) is 0.923. The summed E-state index contributed by atoms with van der Waals surface area (Å²) in [6.07, 6.45) is 3.99. The Morgan fingerprint density at radius 1 is 1.25 bits per heavy atom. The minimum absolute atomic E-state index is 0.423. The summed E-state index contributed by atoms with van der Waals surface area (Å²) in [4.78, 5) is 14.6. The predicted molar refractivity (Wildman–Crippen MR) is 67.4 cm³/mol. The van der Waals surface area contributed by atoms with Gasteiger partial charge in [-0.15, -0.1) is 0 Å². The van der Waals surface area contributed by atoms with Crippen LogP contribution in [-0.4, -0.2) is 34.4 Å². The molecule has 1 heterocycles. The molecule has 0 aromatic carbocycles. The van der Waals surface area contributed by atoms with Crippen molar-refractivity contribution in [3.05, 3.63) is 0 Å². The normalized spacial score (nSPS) is 46.6. The van der Waals surface area contributed by atoms with Crippen molar-refractivity contribution in [3.63, 3.8) is 0 Å². The maximum Gasteiger partial charge on any atom is 0.226 e. The molecule has 1 saturated heterocycles. The number of hydrogen-bond donors (Lipinski definition) is 0. The molecule has 0 spiro atoms. The van der Waals surface area contributed by atoms with Gasteiger partial charge in [0, 0.05) is 29.5 Å². The molecular weight excluding hydrogens is 218 g/mol. The van der Waals surface area contributed by atoms with Crippen LogP contribution in [0.2, 0.25) is 0 Å². The molecule has 3 rings (SSSR count). The second kappa shape index (κ2) is 3.94. The molecule has 3 heteroatoms. The number of rotatable bonds is 1. The lowest BCUT2D eigenvalue weighted by Gasteiger charge is -2.38. The lowest BCUT2D eigenvalue weighted by atomic mass is 10.1. The third kappa shape index (κ3) is 1.59. The van der Waals surface area contributed by atoms with E-state index in [0.29, 0.717) is 23.1 Å². The Kier molecular flexibility index (Phi) is 2.69. The first-order valence-electron chi connectivity index (χ1n) is 6.62. The largest absolute Gasteiger partial charge is 0.338 e. The van der Waals surface area contributed by atoms with Gasteiger partial charge in [-0.1, -0.05) is 13.3 Å². The average Bonchev–Trinajstić information content (AvgIpc) is 2.75. The second-order valence-electron chi connectivity index (χ2n) is 5.63. The van der Waals surface area contributed by atoms with Gasteiger partial charge in [-0.3, -0.25) is 4.79 Å². The van der Waals surface area contributed by atoms with Gasteiger partial charge in [0.25, 0.3) is 0 Å². The molecule has 16 heavy (non-hydrogen) atoms. The van der Waals surface area contributed by atoms with E-state index >= 15 is 0 Å². The van der Waals surface area contributed by atoms with Crippen molar-refractivity contribution in [3.8, 4) is 0 Å². The number of carbonyl (C=O) groups is 1. The van der Waals surface area contributed by atoms with E-state index in [9.17, 15) is 4.79 Å². The Morgan fingerprint density at radius 3 is 2.62 bits per heavy atom. The van der Waals surface area contributed by atoms with Gasteiger partial charge in [0.2, 0.25) is 5.91 Å². The number of hydrogen-bond acceptors (Lipinski definition) is 2. The monoisotopic (exact) mass is 239 g/mol. The molecule has 3 aliphatic rings. The molecule has 0 radical (unpaired) electrons. The number of thioether (sulfide) groups is 1. The Balaban J connectivity index is 1.66. The van der Waals surface area contributed by atoms with Crippen LogP contribution in [0.3, 0.4) is 0 Å². The first-order chi connectivity index (χ1) is 7.70. The maximum atomic E-state index is 12.4. The van der Waals surface area contributed by atoms with Crippen molar-refractivity contribution in [1.82, 2.24) is 4.90 Å². The van der Waals surface area contributed by atoms with E-state index in [2.05, 4.69) is 18.7 Å². The Labute approximate surface area is 102 Å². The summed E-state index contributed by atoms with van der Waals surface area (Å²) < 4.78 is 0. The summed E-state index contributed by atoms with van der Waals surface area (Å²) in [6.45, 7) is 5.44. The number of fused-ring (bicyclic) bond motifs is 1. The van der Waals surface area contributed by atoms with Crippen molar-refractivity contribution in [2.75, 3.05) is 12.3 Å². The highest BCUT2D eigenvalue weighted by atomic mass is 32.2. The van der Waals surface area contributed by atoms with Crippen molar-refractivity contribution in [2.45, 2.75) is 44.4 Å². The molecule has 2 saturated carbocycles. The van der Waals surface area contributed by atoms with E-state index in [4.69, 9.17) is 0 Å². The molecule has 3 fully saturated rings. The molecule has 0 N–H and O–H groups in total. The number of carbonyl (C=O) groups excluding carboxylic acids is 1. The minimum Gasteiger partial charge on any atom is -0.338 e. The zero-order chi connectivity index (χ0) is 11.3. The van der Waals surface area contributed by atoms with Crippen LogP contribution in [0.25, 0.3) is 0 Å². The Morgan fingerprint density at radius 2 is 1.94 bits per heavy atom. The van der Waals surface area contributed by atoms with E-state index in [1.54, 1.807) is 0 Å². The molecule has 90 valence electrons. The van der Waals surface area contributed by atoms with Crippen LogP contribution in [0.1, 0.15) is 33.1 Å². The number of nitrogens with zero attached hydrogens (tertiary/aromatic N) is 1. The van der Waals surface area contributed by atoms with Gasteiger partial charge in [0.05, 0.1) is 0 Å². The van der Waals surface area contributed by atoms with Gasteiger partial charge in [-0.2, -0.15) is 11.8 Å². The van der Waals surface area contributed by atoms with Crippen LogP contribution < -0.4 is 0 Å². The molecular formula is C13H21NOS. The third-order valence-electron chi connectivity index (χ3n) is 4.86. The summed E-state index contributed by atoms with van der Waals surface area (Å²) in [7, 11) is 0. The second-order valence-corrected chi connectivity index (χ2v) is 7.12. The maximum absolute atomic E-state index is 12.4. The van der Waals surface area contributed by atoms with Crippen LogP contribution in [0.15, 0.2) is 0 Å². The zero-order valence-corrected chi connectivity index (χ0v) is 11.0. The molecule has 1 amide bonds. The van der Waals surface area contributed by atoms with Crippen LogP contribution in [0.5, 0.6) is 0 Å². The summed E-state index contributed by atoms with van der Waals surface area (Å²) in [5.41, 5.74) is 0. The van der Waals surface area contributed by atoms with E-state index in [1.165, 1.54) is 19.3 Å². The highest BCUT2D eigenvalue weighted by Crippen LogP contribution is 2.58. The van der Waals surface area contributed by atoms with Crippen molar-refractivity contribution >= 4 is 17.7 Å². The van der Waals surface area contributed by atoms with Gasteiger partial charge in [0.1, 0.15) is 0 Å². The highest BCUT2D eigenvalue weighted by molar-refractivity contribution is 8.00. The number of amides is 1. The first-order valence-corrected chi connectivity index (χ1v) is 7.67. The highest BCUT2D eigenvalue weighted by Gasteiger charge is 2.58. The summed E-state index contributed by atoms with van der Waals surface area (Å²) in [6, 6.07) is 0.438. The predicted octanol–water partition coefficient (Wildman–Crippen LogP) is 2.38. The molecule has 2 aliphatic carbocycles. The summed E-state index contributed by atoms with van der Waals surface area (Å²) >= 11 is 2.01. The SMILES string of the molecule is C[C@@H]1SCCN(C(=O)C2[C@H]3CCC[C@@H]23)[C@H]1C. The first kappa shape index (κ1) is 10.9. The van der Waals surface area contributed by atoms with E-state index < -0.39 is 0 Å². The molecule has 0 aromatic heterocycles. The van der Waals surface area contributed by atoms with Crippen molar-refractivity contribution in [2.24, 2.45) is 17.8 Å². The van der Waals surface area contributed by atoms with Crippen LogP contribution >= 0.6 is 11.8 Å². The summed E-state index contributed by atoms with van der Waals surface area (Å²) in [5, 5.41) is 0.608. The molecule has 2 nitrogen and oxygen atoms in total. The summed E-state index contributed by atoms with van der Waals surface area (Å²) in [5.74, 6) is 3.56. The van der Waals surface area contributed by atoms with E-state index in [-0.39, 0.29) is 0 Å². The smallest absolute Gasteiger partial charge is 0.226 e. The minimum atomic E-state index is 0.423. The van der Waals surface area contributed by atoms with E-state index in [1.807, 2.05) is 11.8 Å². The Bertz CT molecular complexity index is 296. The fourth-order valence-corrected chi connectivity index (χ4v) is 4.72. The van der Waals surface area contributed by atoms with Crippen molar-refractivity contribution < 1.29 is 4.79 Å². The fourth-order valence-electron chi connectivity index (χ4n) is 3.62. The van der Waals surface area contributed by atoms with Crippen LogP contribution in [0, 0.1) is 17.8 Å². The van der Waals surface area contributed by atoms with Gasteiger partial charge < -0.3 is 4.90 Å². The van der Waals surface area contributed by atoms with Gasteiger partial charge in [-0.25, -0.2) is 0 Å². The van der Waals surface area contributed by atoms with Crippen molar-refractivity contribution in [1.29, 1.82) is 0 Å². The zero-order valence-electron chi connectivity index (χ0n) is 10.2. The lowest BCUT2D eigenvalue weighted by Crippen LogP contribution is -2.49. The standard InChI is InChI=1S/C13H21NOS/c1-8-9(2)16-7-6-14(8)13(15)12-10-4-3-5-11(10)12/h8-12H,3-7H2,1-2H3/t8-,9-,10-,11+,12?/m0/s1. The molecule has 0 bridgehead atoms. The quantitative estimate of drug-likeness (QED) is 0.700. The van der Waals surface area contributed by atoms with Crippen LogP contribution in [-0.2, 0) is 4.79 Å². The van der Waals surface area contributed by atoms with E-state index in [0.717, 1.165) is 24.1 Å².